The number of benzene rings is 1. The van der Waals surface area contributed by atoms with Crippen LogP contribution in [0, 0.1) is 0 Å². The molecule has 7 heteroatoms. The van der Waals surface area contributed by atoms with Gasteiger partial charge in [-0.1, -0.05) is 44.7 Å². The lowest BCUT2D eigenvalue weighted by Gasteiger charge is -2.27. The molecule has 0 N–H and O–H groups in total. The molecule has 0 aliphatic carbocycles. The molecule has 1 aromatic heterocycles. The number of hydrogen-bond donors (Lipinski definition) is 0. The Balaban J connectivity index is 1.74. The van der Waals surface area contributed by atoms with Crippen molar-refractivity contribution in [3.8, 4) is 0 Å². The van der Waals surface area contributed by atoms with Gasteiger partial charge in [0, 0.05) is 50.0 Å². The Labute approximate surface area is 177 Å². The lowest BCUT2D eigenvalue weighted by atomic mass is 9.92. The van der Waals surface area contributed by atoms with Gasteiger partial charge in [0.2, 0.25) is 0 Å². The number of anilines is 1. The first-order valence-electron chi connectivity index (χ1n) is 9.90. The highest BCUT2D eigenvalue weighted by molar-refractivity contribution is 7.98. The maximum atomic E-state index is 12.7. The van der Waals surface area contributed by atoms with E-state index in [9.17, 15) is 4.79 Å². The Morgan fingerprint density at radius 3 is 2.55 bits per heavy atom. The molecule has 29 heavy (non-hydrogen) atoms. The van der Waals surface area contributed by atoms with E-state index < -0.39 is 0 Å². The third kappa shape index (κ3) is 5.70. The minimum absolute atomic E-state index is 0.0481. The minimum atomic E-state index is -0.0481. The number of hydrogen-bond acceptors (Lipinski definition) is 6. The van der Waals surface area contributed by atoms with Crippen LogP contribution >= 0.6 is 11.8 Å². The summed E-state index contributed by atoms with van der Waals surface area (Å²) in [6.45, 7) is 8.99. The first-order chi connectivity index (χ1) is 13.7. The standard InChI is InChI=1S/C22H30N4O2S/c1-22(2,3)18-14-19(25(4)5)24-21(23-18)29-15-16-7-6-8-17(13-16)20(27)26-9-11-28-12-10-26/h6-8,13-14H,9-12,15H2,1-5H3. The molecule has 0 spiro atoms. The van der Waals surface area contributed by atoms with Gasteiger partial charge in [-0.2, -0.15) is 0 Å². The van der Waals surface area contributed by atoms with Crippen LogP contribution in [0.15, 0.2) is 35.5 Å². The first-order valence-corrected chi connectivity index (χ1v) is 10.9. The van der Waals surface area contributed by atoms with E-state index in [1.54, 1.807) is 11.8 Å². The van der Waals surface area contributed by atoms with Gasteiger partial charge in [0.15, 0.2) is 5.16 Å². The van der Waals surface area contributed by atoms with Crippen LogP contribution in [-0.4, -0.2) is 61.2 Å². The molecular weight excluding hydrogens is 384 g/mol. The molecule has 1 aliphatic heterocycles. The Kier molecular flexibility index (Phi) is 6.80. The van der Waals surface area contributed by atoms with Crippen LogP contribution < -0.4 is 4.90 Å². The number of nitrogens with zero attached hydrogens (tertiary/aromatic N) is 4. The van der Waals surface area contributed by atoms with Gasteiger partial charge in [-0.25, -0.2) is 9.97 Å². The molecule has 1 aromatic carbocycles. The minimum Gasteiger partial charge on any atom is -0.378 e. The van der Waals surface area contributed by atoms with Crippen LogP contribution in [0.1, 0.15) is 42.4 Å². The first kappa shape index (κ1) is 21.6. The molecular formula is C22H30N4O2S. The van der Waals surface area contributed by atoms with Crippen molar-refractivity contribution in [3.05, 3.63) is 47.2 Å². The zero-order valence-electron chi connectivity index (χ0n) is 17.9. The van der Waals surface area contributed by atoms with E-state index in [0.29, 0.717) is 32.1 Å². The molecule has 1 fully saturated rings. The van der Waals surface area contributed by atoms with Gasteiger partial charge in [0.05, 0.1) is 18.9 Å². The summed E-state index contributed by atoms with van der Waals surface area (Å²) >= 11 is 1.60. The molecule has 1 amide bonds. The van der Waals surface area contributed by atoms with E-state index in [4.69, 9.17) is 9.72 Å². The fourth-order valence-corrected chi connectivity index (χ4v) is 3.78. The number of ether oxygens (including phenoxy) is 1. The largest absolute Gasteiger partial charge is 0.378 e. The van der Waals surface area contributed by atoms with Crippen molar-refractivity contribution in [3.63, 3.8) is 0 Å². The molecule has 1 aliphatic rings. The second-order valence-corrected chi connectivity index (χ2v) is 9.37. The molecule has 0 atom stereocenters. The molecule has 1 saturated heterocycles. The van der Waals surface area contributed by atoms with Crippen LogP contribution in [-0.2, 0) is 15.9 Å². The molecule has 0 unspecified atom stereocenters. The SMILES string of the molecule is CN(C)c1cc(C(C)(C)C)nc(SCc2cccc(C(=O)N3CCOCC3)c2)n1. The second kappa shape index (κ2) is 9.13. The lowest BCUT2D eigenvalue weighted by Crippen LogP contribution is -2.40. The fraction of sp³-hybridized carbons (Fsp3) is 0.500. The lowest BCUT2D eigenvalue weighted by molar-refractivity contribution is 0.0303. The van der Waals surface area contributed by atoms with Crippen LogP contribution in [0.4, 0.5) is 5.82 Å². The Morgan fingerprint density at radius 2 is 1.90 bits per heavy atom. The van der Waals surface area contributed by atoms with Crippen molar-refractivity contribution in [2.75, 3.05) is 45.3 Å². The average Bonchev–Trinajstić information content (AvgIpc) is 2.71. The highest BCUT2D eigenvalue weighted by atomic mass is 32.2. The fourth-order valence-electron chi connectivity index (χ4n) is 2.98. The van der Waals surface area contributed by atoms with E-state index >= 15 is 0 Å². The molecule has 0 radical (unpaired) electrons. The second-order valence-electron chi connectivity index (χ2n) is 8.43. The monoisotopic (exact) mass is 414 g/mol. The van der Waals surface area contributed by atoms with E-state index in [1.165, 1.54) is 0 Å². The average molecular weight is 415 g/mol. The van der Waals surface area contributed by atoms with Gasteiger partial charge >= 0.3 is 0 Å². The van der Waals surface area contributed by atoms with Crippen molar-refractivity contribution in [1.29, 1.82) is 0 Å². The van der Waals surface area contributed by atoms with Gasteiger partial charge in [-0.15, -0.1) is 0 Å². The highest BCUT2D eigenvalue weighted by Gasteiger charge is 2.20. The summed E-state index contributed by atoms with van der Waals surface area (Å²) in [5.41, 5.74) is 2.79. The summed E-state index contributed by atoms with van der Waals surface area (Å²) < 4.78 is 5.34. The van der Waals surface area contributed by atoms with Crippen LogP contribution in [0.2, 0.25) is 0 Å². The highest BCUT2D eigenvalue weighted by Crippen LogP contribution is 2.28. The third-order valence-corrected chi connectivity index (χ3v) is 5.68. The number of carbonyl (C=O) groups is 1. The third-order valence-electron chi connectivity index (χ3n) is 4.76. The number of carbonyl (C=O) groups excluding carboxylic acids is 1. The van der Waals surface area contributed by atoms with Crippen molar-refractivity contribution in [1.82, 2.24) is 14.9 Å². The maximum Gasteiger partial charge on any atom is 0.254 e. The van der Waals surface area contributed by atoms with Gasteiger partial charge in [-0.3, -0.25) is 4.79 Å². The molecule has 2 aromatic rings. The summed E-state index contributed by atoms with van der Waals surface area (Å²) in [6, 6.07) is 9.90. The van der Waals surface area contributed by atoms with Crippen LogP contribution in [0.25, 0.3) is 0 Å². The van der Waals surface area contributed by atoms with Crippen molar-refractivity contribution in [2.24, 2.45) is 0 Å². The predicted molar refractivity (Wildman–Crippen MR) is 118 cm³/mol. The maximum absolute atomic E-state index is 12.7. The summed E-state index contributed by atoms with van der Waals surface area (Å²) in [7, 11) is 3.98. The van der Waals surface area contributed by atoms with Gasteiger partial charge in [0.1, 0.15) is 5.82 Å². The quantitative estimate of drug-likeness (QED) is 0.550. The molecule has 3 rings (SSSR count). The normalized spacial score (nSPS) is 14.7. The number of morpholine rings is 1. The van der Waals surface area contributed by atoms with Crippen molar-refractivity contribution < 1.29 is 9.53 Å². The summed E-state index contributed by atoms with van der Waals surface area (Å²) in [5, 5.41) is 0.756. The summed E-state index contributed by atoms with van der Waals surface area (Å²) in [6.07, 6.45) is 0. The Bertz CT molecular complexity index is 858. The predicted octanol–water partition coefficient (Wildman–Crippen LogP) is 3.60. The topological polar surface area (TPSA) is 58.6 Å². The zero-order valence-corrected chi connectivity index (χ0v) is 18.8. The van der Waals surface area contributed by atoms with E-state index in [2.05, 4.69) is 25.8 Å². The number of thioether (sulfide) groups is 1. The van der Waals surface area contributed by atoms with E-state index in [1.807, 2.05) is 54.2 Å². The number of aromatic nitrogens is 2. The molecule has 0 bridgehead atoms. The van der Waals surface area contributed by atoms with Crippen molar-refractivity contribution >= 4 is 23.5 Å². The van der Waals surface area contributed by atoms with Crippen LogP contribution in [0.3, 0.4) is 0 Å². The zero-order chi connectivity index (χ0) is 21.0. The number of amides is 1. The summed E-state index contributed by atoms with van der Waals surface area (Å²) in [5.74, 6) is 1.69. The number of rotatable bonds is 5. The summed E-state index contributed by atoms with van der Waals surface area (Å²) in [4.78, 5) is 26.0. The Morgan fingerprint density at radius 1 is 1.17 bits per heavy atom. The molecule has 156 valence electrons. The smallest absolute Gasteiger partial charge is 0.254 e. The van der Waals surface area contributed by atoms with Gasteiger partial charge < -0.3 is 14.5 Å². The van der Waals surface area contributed by atoms with E-state index in [0.717, 1.165) is 27.8 Å². The molecule has 6 nitrogen and oxygen atoms in total. The van der Waals surface area contributed by atoms with Gasteiger partial charge in [0.25, 0.3) is 5.91 Å². The van der Waals surface area contributed by atoms with Gasteiger partial charge in [-0.05, 0) is 17.7 Å². The van der Waals surface area contributed by atoms with Crippen molar-refractivity contribution in [2.45, 2.75) is 37.1 Å². The van der Waals surface area contributed by atoms with E-state index in [-0.39, 0.29) is 11.3 Å². The Hall–Kier alpha value is -2.12. The molecule has 2 heterocycles. The van der Waals surface area contributed by atoms with Crippen LogP contribution in [0.5, 0.6) is 0 Å². The molecule has 0 saturated carbocycles.